The molecule has 11 heteroatoms. The summed E-state index contributed by atoms with van der Waals surface area (Å²) >= 11 is 0. The maximum absolute atomic E-state index is 14.1. The van der Waals surface area contributed by atoms with Crippen LogP contribution in [0, 0.1) is 12.7 Å². The highest BCUT2D eigenvalue weighted by Crippen LogP contribution is 2.43. The molecule has 1 saturated carbocycles. The molecule has 2 amide bonds. The van der Waals surface area contributed by atoms with Gasteiger partial charge in [-0.15, -0.1) is 0 Å². The number of benzene rings is 4. The van der Waals surface area contributed by atoms with Gasteiger partial charge in [0.05, 0.1) is 30.7 Å². The minimum Gasteiger partial charge on any atom is -0.455 e. The summed E-state index contributed by atoms with van der Waals surface area (Å²) in [6, 6.07) is 23.5. The number of aryl methyl sites for hydroxylation is 1. The van der Waals surface area contributed by atoms with Crippen LogP contribution in [-0.2, 0) is 10.0 Å². The van der Waals surface area contributed by atoms with E-state index in [9.17, 15) is 27.5 Å². The monoisotopic (exact) mass is 655 g/mol. The number of para-hydroxylation sites is 1. The highest BCUT2D eigenvalue weighted by Gasteiger charge is 2.35. The first-order valence-electron chi connectivity index (χ1n) is 15.2. The number of fused-ring (bicyclic) bond motifs is 1. The number of amides is 2. The van der Waals surface area contributed by atoms with Crippen LogP contribution in [0.4, 0.5) is 15.8 Å². The number of sulfonamides is 1. The summed E-state index contributed by atoms with van der Waals surface area (Å²) < 4.78 is 47.3. The standard InChI is InChI=1S/C36H34FN3O6S/c1-22-9-10-24(36(43)40(27-15-16-27)26-7-5-4-6-8-26)19-28(22)29-20-30-32(21-31(29)39(17-18-41)47(3,44)45)46-34(33(30)35(42)38-2)23-11-13-25(37)14-12-23/h4-14,19-21,27,41H,15-18H2,1-3H3,(H,38,42). The number of hydrogen-bond acceptors (Lipinski definition) is 6. The van der Waals surface area contributed by atoms with Gasteiger partial charge in [0.2, 0.25) is 10.0 Å². The van der Waals surface area contributed by atoms with Gasteiger partial charge in [-0.05, 0) is 85.5 Å². The third kappa shape index (κ3) is 6.24. The fraction of sp³-hybridized carbons (Fsp3) is 0.222. The number of anilines is 2. The van der Waals surface area contributed by atoms with Crippen LogP contribution in [0.2, 0.25) is 0 Å². The molecule has 242 valence electrons. The largest absolute Gasteiger partial charge is 0.455 e. The fourth-order valence-electron chi connectivity index (χ4n) is 5.86. The Balaban J connectivity index is 1.60. The zero-order valence-corrected chi connectivity index (χ0v) is 27.0. The van der Waals surface area contributed by atoms with Gasteiger partial charge >= 0.3 is 0 Å². The van der Waals surface area contributed by atoms with Gasteiger partial charge in [0.15, 0.2) is 0 Å². The summed E-state index contributed by atoms with van der Waals surface area (Å²) in [5, 5.41) is 12.9. The summed E-state index contributed by atoms with van der Waals surface area (Å²) in [5.74, 6) is -0.924. The minimum atomic E-state index is -3.92. The molecule has 0 aliphatic heterocycles. The molecule has 1 aromatic heterocycles. The third-order valence-corrected chi connectivity index (χ3v) is 9.46. The highest BCUT2D eigenvalue weighted by molar-refractivity contribution is 7.92. The molecule has 5 aromatic rings. The zero-order chi connectivity index (χ0) is 33.5. The summed E-state index contributed by atoms with van der Waals surface area (Å²) in [6.45, 7) is 1.15. The molecule has 1 fully saturated rings. The van der Waals surface area contributed by atoms with E-state index in [-0.39, 0.29) is 41.1 Å². The summed E-state index contributed by atoms with van der Waals surface area (Å²) in [5.41, 5.74) is 3.97. The lowest BCUT2D eigenvalue weighted by atomic mass is 9.94. The van der Waals surface area contributed by atoms with Crippen molar-refractivity contribution in [2.75, 3.05) is 35.7 Å². The molecule has 0 unspecified atom stereocenters. The Bertz CT molecular complexity index is 2090. The van der Waals surface area contributed by atoms with Crippen LogP contribution in [0.1, 0.15) is 39.1 Å². The lowest BCUT2D eigenvalue weighted by Gasteiger charge is -2.26. The Kier molecular flexibility index (Phi) is 8.61. The average molecular weight is 656 g/mol. The van der Waals surface area contributed by atoms with Gasteiger partial charge in [-0.2, -0.15) is 0 Å². The van der Waals surface area contributed by atoms with E-state index in [4.69, 9.17) is 4.42 Å². The number of aliphatic hydroxyl groups excluding tert-OH is 1. The summed E-state index contributed by atoms with van der Waals surface area (Å²) in [6.07, 6.45) is 2.83. The molecular weight excluding hydrogens is 621 g/mol. The Labute approximate surface area is 272 Å². The smallest absolute Gasteiger partial charge is 0.258 e. The van der Waals surface area contributed by atoms with Gasteiger partial charge in [-0.25, -0.2) is 12.8 Å². The first-order chi connectivity index (χ1) is 22.5. The van der Waals surface area contributed by atoms with Gasteiger partial charge in [0, 0.05) is 46.9 Å². The third-order valence-electron chi connectivity index (χ3n) is 8.28. The highest BCUT2D eigenvalue weighted by atomic mass is 32.2. The van der Waals surface area contributed by atoms with Gasteiger partial charge in [-0.1, -0.05) is 24.3 Å². The molecule has 1 aliphatic carbocycles. The maximum atomic E-state index is 14.1. The normalized spacial score (nSPS) is 13.0. The van der Waals surface area contributed by atoms with Gasteiger partial charge in [0.25, 0.3) is 11.8 Å². The Morgan fingerprint density at radius 2 is 1.68 bits per heavy atom. The quantitative estimate of drug-likeness (QED) is 0.187. The Morgan fingerprint density at radius 1 is 0.979 bits per heavy atom. The van der Waals surface area contributed by atoms with E-state index < -0.39 is 28.4 Å². The zero-order valence-electron chi connectivity index (χ0n) is 26.2. The molecule has 9 nitrogen and oxygen atoms in total. The van der Waals surface area contributed by atoms with Crippen LogP contribution >= 0.6 is 0 Å². The van der Waals surface area contributed by atoms with Gasteiger partial charge in [0.1, 0.15) is 17.2 Å². The van der Waals surface area contributed by atoms with E-state index in [0.29, 0.717) is 27.6 Å². The molecule has 1 heterocycles. The summed E-state index contributed by atoms with van der Waals surface area (Å²) in [7, 11) is -2.44. The number of carbonyl (C=O) groups is 2. The van der Waals surface area contributed by atoms with Crippen molar-refractivity contribution in [2.24, 2.45) is 0 Å². The average Bonchev–Trinajstić information content (AvgIpc) is 3.82. The van der Waals surface area contributed by atoms with E-state index in [1.165, 1.54) is 37.4 Å². The van der Waals surface area contributed by atoms with Crippen molar-refractivity contribution in [3.05, 3.63) is 107 Å². The predicted octanol–water partition coefficient (Wildman–Crippen LogP) is 6.14. The molecule has 4 aromatic carbocycles. The molecule has 0 radical (unpaired) electrons. The SMILES string of the molecule is CNC(=O)c1c(-c2ccc(F)cc2)oc2cc(N(CCO)S(C)(=O)=O)c(-c3cc(C(=O)N(c4ccccc4)C4CC4)ccc3C)cc12. The summed E-state index contributed by atoms with van der Waals surface area (Å²) in [4.78, 5) is 29.2. The lowest BCUT2D eigenvalue weighted by Crippen LogP contribution is -2.33. The maximum Gasteiger partial charge on any atom is 0.258 e. The number of nitrogens with one attached hydrogen (secondary N) is 1. The van der Waals surface area contributed by atoms with Crippen molar-refractivity contribution in [1.82, 2.24) is 5.32 Å². The molecule has 2 N–H and O–H groups in total. The number of rotatable bonds is 10. The Hall–Kier alpha value is -5.00. The number of halogens is 1. The first kappa shape index (κ1) is 32.0. The Morgan fingerprint density at radius 3 is 2.30 bits per heavy atom. The van der Waals surface area contributed by atoms with Crippen molar-refractivity contribution in [1.29, 1.82) is 0 Å². The van der Waals surface area contributed by atoms with Gasteiger partial charge in [-0.3, -0.25) is 13.9 Å². The molecule has 0 bridgehead atoms. The lowest BCUT2D eigenvalue weighted by molar-refractivity contribution is 0.0962. The van der Waals surface area contributed by atoms with Crippen molar-refractivity contribution < 1.29 is 31.9 Å². The van der Waals surface area contributed by atoms with E-state index in [2.05, 4.69) is 5.32 Å². The van der Waals surface area contributed by atoms with E-state index in [0.717, 1.165) is 34.7 Å². The predicted molar refractivity (Wildman–Crippen MR) is 181 cm³/mol. The van der Waals surface area contributed by atoms with E-state index >= 15 is 0 Å². The van der Waals surface area contributed by atoms with E-state index in [1.54, 1.807) is 23.1 Å². The number of aliphatic hydroxyl groups is 1. The topological polar surface area (TPSA) is 120 Å². The number of hydrogen-bond donors (Lipinski definition) is 2. The van der Waals surface area contributed by atoms with Crippen LogP contribution in [0.25, 0.3) is 33.4 Å². The number of nitrogens with zero attached hydrogens (tertiary/aromatic N) is 2. The molecule has 0 spiro atoms. The van der Waals surface area contributed by atoms with Crippen LogP contribution in [0.15, 0.2) is 89.3 Å². The first-order valence-corrected chi connectivity index (χ1v) is 17.0. The van der Waals surface area contributed by atoms with E-state index in [1.807, 2.05) is 43.3 Å². The molecule has 0 atom stereocenters. The number of furan rings is 1. The van der Waals surface area contributed by atoms with Crippen LogP contribution in [0.3, 0.4) is 0 Å². The molecule has 47 heavy (non-hydrogen) atoms. The fourth-order valence-corrected chi connectivity index (χ4v) is 6.79. The minimum absolute atomic E-state index is 0.0813. The van der Waals surface area contributed by atoms with Crippen molar-refractivity contribution >= 4 is 44.2 Å². The van der Waals surface area contributed by atoms with Crippen molar-refractivity contribution in [3.8, 4) is 22.5 Å². The van der Waals surface area contributed by atoms with Crippen molar-refractivity contribution in [2.45, 2.75) is 25.8 Å². The molecule has 6 rings (SSSR count). The van der Waals surface area contributed by atoms with Crippen LogP contribution in [0.5, 0.6) is 0 Å². The van der Waals surface area contributed by atoms with Crippen LogP contribution < -0.4 is 14.5 Å². The second-order valence-corrected chi connectivity index (χ2v) is 13.5. The molecule has 1 aliphatic rings. The second-order valence-electron chi connectivity index (χ2n) is 11.6. The van der Waals surface area contributed by atoms with Crippen molar-refractivity contribution in [3.63, 3.8) is 0 Å². The van der Waals surface area contributed by atoms with Gasteiger partial charge < -0.3 is 19.7 Å². The molecule has 0 saturated heterocycles. The second kappa shape index (κ2) is 12.7. The number of carbonyl (C=O) groups excluding carboxylic acids is 2. The van der Waals surface area contributed by atoms with Crippen LogP contribution in [-0.4, -0.2) is 57.8 Å². The molecular formula is C36H34FN3O6S.